The standard InChI is InChI=1S/C18H34O5Si3.CH4/c1-18(2,20)17(19)15-10-12-16(13-11-15)21-14-26(9,22-24(3,4)5)23-25(6,7)8;/h10-13,20H,14H2,1-9H3;1H4. The first-order chi connectivity index (χ1) is 11.5. The monoisotopic (exact) mass is 430 g/mol. The Balaban J connectivity index is 0.00000676. The van der Waals surface area contributed by atoms with Crippen molar-refractivity contribution in [3.63, 3.8) is 0 Å². The summed E-state index contributed by atoms with van der Waals surface area (Å²) in [6.07, 6.45) is 0.403. The Morgan fingerprint density at radius 2 is 1.33 bits per heavy atom. The highest BCUT2D eigenvalue weighted by molar-refractivity contribution is 6.87. The number of carbonyl (C=O) groups is 1. The summed E-state index contributed by atoms with van der Waals surface area (Å²) in [5, 5.41) is 9.83. The van der Waals surface area contributed by atoms with E-state index >= 15 is 0 Å². The normalized spacial score (nSPS) is 13.1. The second-order valence-electron chi connectivity index (χ2n) is 9.26. The first-order valence-corrected chi connectivity index (χ1v) is 18.3. The predicted octanol–water partition coefficient (Wildman–Crippen LogP) is 4.97. The summed E-state index contributed by atoms with van der Waals surface area (Å²) in [6, 6.07) is 6.84. The smallest absolute Gasteiger partial charge is 0.353 e. The minimum Gasteiger partial charge on any atom is -0.492 e. The minimum atomic E-state index is -2.47. The molecule has 0 amide bonds. The number of carbonyl (C=O) groups excluding carboxylic acids is 1. The fourth-order valence-electron chi connectivity index (χ4n) is 2.65. The van der Waals surface area contributed by atoms with Gasteiger partial charge in [0, 0.05) is 5.56 Å². The highest BCUT2D eigenvalue weighted by Crippen LogP contribution is 2.23. The lowest BCUT2D eigenvalue weighted by atomic mass is 9.97. The molecule has 0 radical (unpaired) electrons. The zero-order valence-corrected chi connectivity index (χ0v) is 20.6. The van der Waals surface area contributed by atoms with E-state index < -0.39 is 30.8 Å². The summed E-state index contributed by atoms with van der Waals surface area (Å²) in [7, 11) is -6.01. The fourth-order valence-corrected chi connectivity index (χ4v) is 14.5. The Labute approximate surface area is 168 Å². The molecule has 0 fully saturated rings. The van der Waals surface area contributed by atoms with Crippen molar-refractivity contribution < 1.29 is 22.9 Å². The van der Waals surface area contributed by atoms with Gasteiger partial charge >= 0.3 is 8.56 Å². The van der Waals surface area contributed by atoms with Crippen molar-refractivity contribution in [3.05, 3.63) is 29.8 Å². The number of benzene rings is 1. The maximum Gasteiger partial charge on any atom is 0.353 e. The largest absolute Gasteiger partial charge is 0.492 e. The maximum absolute atomic E-state index is 12.1. The average molecular weight is 431 g/mol. The van der Waals surface area contributed by atoms with Crippen LogP contribution in [0.5, 0.6) is 5.75 Å². The second kappa shape index (κ2) is 9.15. The van der Waals surface area contributed by atoms with E-state index in [4.69, 9.17) is 13.0 Å². The predicted molar refractivity (Wildman–Crippen MR) is 120 cm³/mol. The van der Waals surface area contributed by atoms with E-state index in [0.29, 0.717) is 17.5 Å². The van der Waals surface area contributed by atoms with Gasteiger partial charge in [-0.15, -0.1) is 0 Å². The molecule has 0 aliphatic carbocycles. The molecule has 156 valence electrons. The van der Waals surface area contributed by atoms with Gasteiger partial charge in [-0.05, 0) is 83.9 Å². The van der Waals surface area contributed by atoms with Gasteiger partial charge in [0.15, 0.2) is 22.4 Å². The van der Waals surface area contributed by atoms with Crippen LogP contribution in [0.2, 0.25) is 45.8 Å². The third kappa shape index (κ3) is 9.82. The Morgan fingerprint density at radius 1 is 0.926 bits per heavy atom. The molecule has 0 spiro atoms. The van der Waals surface area contributed by atoms with E-state index in [1.54, 1.807) is 24.3 Å². The number of aliphatic hydroxyl groups is 1. The van der Waals surface area contributed by atoms with Crippen LogP contribution in [-0.2, 0) is 8.23 Å². The molecule has 5 nitrogen and oxygen atoms in total. The quantitative estimate of drug-likeness (QED) is 0.442. The summed E-state index contributed by atoms with van der Waals surface area (Å²) in [6.45, 7) is 18.0. The van der Waals surface area contributed by atoms with E-state index in [-0.39, 0.29) is 13.2 Å². The summed E-state index contributed by atoms with van der Waals surface area (Å²) in [4.78, 5) is 12.1. The van der Waals surface area contributed by atoms with E-state index in [1.807, 2.05) is 0 Å². The number of hydrogen-bond acceptors (Lipinski definition) is 5. The van der Waals surface area contributed by atoms with Crippen LogP contribution >= 0.6 is 0 Å². The molecule has 1 rings (SSSR count). The average Bonchev–Trinajstić information content (AvgIpc) is 2.40. The van der Waals surface area contributed by atoms with Crippen LogP contribution in [0.25, 0.3) is 0 Å². The van der Waals surface area contributed by atoms with Gasteiger partial charge in [-0.25, -0.2) is 0 Å². The molecular weight excluding hydrogens is 392 g/mol. The number of hydrogen-bond donors (Lipinski definition) is 1. The minimum absolute atomic E-state index is 0. The lowest BCUT2D eigenvalue weighted by Gasteiger charge is -2.38. The van der Waals surface area contributed by atoms with Crippen LogP contribution in [0.15, 0.2) is 24.3 Å². The van der Waals surface area contributed by atoms with Gasteiger partial charge in [-0.1, -0.05) is 7.43 Å². The number of ether oxygens (including phenoxy) is 1. The van der Waals surface area contributed by atoms with Crippen LogP contribution in [0.1, 0.15) is 31.6 Å². The topological polar surface area (TPSA) is 65.0 Å². The zero-order valence-electron chi connectivity index (χ0n) is 17.6. The SMILES string of the molecule is C.CC(C)(O)C(=O)c1ccc(OC[Si](C)(O[Si](C)(C)C)O[Si](C)(C)C)cc1. The third-order valence-corrected chi connectivity index (χ3v) is 12.2. The van der Waals surface area contributed by atoms with E-state index in [1.165, 1.54) is 13.8 Å². The van der Waals surface area contributed by atoms with Crippen LogP contribution in [0, 0.1) is 0 Å². The molecular formula is C19H38O5Si3. The number of ketones is 1. The van der Waals surface area contributed by atoms with Crippen molar-refractivity contribution in [2.75, 3.05) is 6.23 Å². The molecule has 0 unspecified atom stereocenters. The Kier molecular flexibility index (Phi) is 8.88. The maximum atomic E-state index is 12.1. The second-order valence-corrected chi connectivity index (χ2v) is 21.9. The van der Waals surface area contributed by atoms with Crippen molar-refractivity contribution >= 4 is 31.0 Å². The molecule has 1 aromatic carbocycles. The van der Waals surface area contributed by atoms with Gasteiger partial charge in [0.2, 0.25) is 0 Å². The molecule has 0 heterocycles. The summed E-state index contributed by atoms with van der Waals surface area (Å²) < 4.78 is 18.8. The lowest BCUT2D eigenvalue weighted by Crippen LogP contribution is -2.56. The Bertz CT molecular complexity index is 594. The van der Waals surface area contributed by atoms with E-state index in [0.717, 1.165) is 0 Å². The lowest BCUT2D eigenvalue weighted by molar-refractivity contribution is 0.0488. The molecule has 0 aromatic heterocycles. The Morgan fingerprint density at radius 3 is 1.67 bits per heavy atom. The van der Waals surface area contributed by atoms with Crippen LogP contribution in [0.3, 0.4) is 0 Å². The third-order valence-electron chi connectivity index (χ3n) is 3.22. The molecule has 1 N–H and O–H groups in total. The molecule has 0 aliphatic heterocycles. The molecule has 0 aliphatic rings. The highest BCUT2D eigenvalue weighted by Gasteiger charge is 2.41. The van der Waals surface area contributed by atoms with E-state index in [9.17, 15) is 9.90 Å². The van der Waals surface area contributed by atoms with Crippen LogP contribution in [0.4, 0.5) is 0 Å². The zero-order chi connectivity index (χ0) is 20.4. The molecule has 27 heavy (non-hydrogen) atoms. The summed E-state index contributed by atoms with van der Waals surface area (Å²) in [5.41, 5.74) is -0.925. The first-order valence-electron chi connectivity index (χ1n) is 8.91. The first kappa shape index (κ1) is 26.2. The van der Waals surface area contributed by atoms with Crippen molar-refractivity contribution in [3.8, 4) is 5.75 Å². The van der Waals surface area contributed by atoms with Crippen molar-refractivity contribution in [1.29, 1.82) is 0 Å². The number of rotatable bonds is 9. The van der Waals surface area contributed by atoms with Gasteiger partial charge < -0.3 is 18.1 Å². The van der Waals surface area contributed by atoms with Gasteiger partial charge in [0.25, 0.3) is 0 Å². The van der Waals surface area contributed by atoms with E-state index in [2.05, 4.69) is 45.8 Å². The fraction of sp³-hybridized carbons (Fsp3) is 0.632. The van der Waals surface area contributed by atoms with Gasteiger partial charge in [-0.2, -0.15) is 0 Å². The van der Waals surface area contributed by atoms with Crippen molar-refractivity contribution in [2.45, 2.75) is 72.7 Å². The molecule has 0 saturated carbocycles. The molecule has 0 atom stereocenters. The van der Waals surface area contributed by atoms with Crippen molar-refractivity contribution in [2.24, 2.45) is 0 Å². The Hall–Kier alpha value is -0.779. The van der Waals surface area contributed by atoms with Crippen molar-refractivity contribution in [1.82, 2.24) is 0 Å². The van der Waals surface area contributed by atoms with Gasteiger partial charge in [0.05, 0.1) is 0 Å². The van der Waals surface area contributed by atoms with Crippen LogP contribution < -0.4 is 4.74 Å². The molecule has 0 saturated heterocycles. The molecule has 8 heteroatoms. The summed E-state index contributed by atoms with van der Waals surface area (Å²) in [5.74, 6) is 0.349. The van der Waals surface area contributed by atoms with Gasteiger partial charge in [0.1, 0.15) is 17.6 Å². The van der Waals surface area contributed by atoms with Gasteiger partial charge in [-0.3, -0.25) is 4.79 Å². The van der Waals surface area contributed by atoms with Crippen LogP contribution in [-0.4, -0.2) is 47.9 Å². The molecule has 1 aromatic rings. The number of Topliss-reactive ketones (excluding diaryl/α,β-unsaturated/α-hetero) is 1. The highest BCUT2D eigenvalue weighted by atomic mass is 28.5. The molecule has 0 bridgehead atoms. The summed E-state index contributed by atoms with van der Waals surface area (Å²) >= 11 is 0.